The number of rotatable bonds is 6. The maximum atomic E-state index is 12.8. The lowest BCUT2D eigenvalue weighted by atomic mass is 9.90. The molecule has 0 spiro atoms. The molecule has 0 fully saturated rings. The largest absolute Gasteiger partial charge is 0.383 e. The van der Waals surface area contributed by atoms with Crippen molar-refractivity contribution in [3.63, 3.8) is 0 Å². The Morgan fingerprint density at radius 3 is 2.96 bits per heavy atom. The Balaban J connectivity index is 1.85. The highest BCUT2D eigenvalue weighted by Crippen LogP contribution is 2.38. The molecule has 1 aromatic carbocycles. The van der Waals surface area contributed by atoms with Crippen LogP contribution in [-0.4, -0.2) is 44.2 Å². The third-order valence-corrected chi connectivity index (χ3v) is 5.52. The van der Waals surface area contributed by atoms with E-state index in [1.54, 1.807) is 18.4 Å². The molecule has 2 aromatic rings. The molecule has 1 aliphatic heterocycles. The molecule has 1 atom stereocenters. The zero-order valence-corrected chi connectivity index (χ0v) is 15.1. The van der Waals surface area contributed by atoms with Gasteiger partial charge in [-0.3, -0.25) is 4.79 Å². The summed E-state index contributed by atoms with van der Waals surface area (Å²) in [5.41, 5.74) is 3.74. The molecule has 0 radical (unpaired) electrons. The fourth-order valence-electron chi connectivity index (χ4n) is 3.29. The number of nitrogens with one attached hydrogen (secondary N) is 1. The Morgan fingerprint density at radius 1 is 1.33 bits per heavy atom. The Kier molecular flexibility index (Phi) is 5.66. The van der Waals surface area contributed by atoms with Crippen LogP contribution in [0.3, 0.4) is 0 Å². The van der Waals surface area contributed by atoms with Gasteiger partial charge in [0.25, 0.3) is 0 Å². The number of nitrogens with zero attached hydrogens (tertiary/aromatic N) is 1. The van der Waals surface area contributed by atoms with Crippen LogP contribution in [0.4, 0.5) is 0 Å². The summed E-state index contributed by atoms with van der Waals surface area (Å²) in [5.74, 6) is 0.149. The molecule has 1 aromatic heterocycles. The van der Waals surface area contributed by atoms with Crippen LogP contribution in [0.25, 0.3) is 0 Å². The summed E-state index contributed by atoms with van der Waals surface area (Å²) in [5, 5.41) is 5.31. The van der Waals surface area contributed by atoms with Gasteiger partial charge in [0.2, 0.25) is 5.91 Å². The summed E-state index contributed by atoms with van der Waals surface area (Å²) in [6, 6.07) is 10.6. The summed E-state index contributed by atoms with van der Waals surface area (Å²) in [7, 11) is 1.67. The summed E-state index contributed by atoms with van der Waals surface area (Å²) in [4.78, 5) is 16.2. The highest BCUT2D eigenvalue weighted by atomic mass is 32.1. The lowest BCUT2D eigenvalue weighted by Crippen LogP contribution is -2.44. The van der Waals surface area contributed by atoms with Gasteiger partial charge in [0, 0.05) is 25.1 Å². The van der Waals surface area contributed by atoms with Crippen molar-refractivity contribution in [2.45, 2.75) is 19.4 Å². The van der Waals surface area contributed by atoms with Gasteiger partial charge < -0.3 is 15.0 Å². The number of fused-ring (bicyclic) bond motifs is 1. The average molecular weight is 344 g/mol. The van der Waals surface area contributed by atoms with Crippen molar-refractivity contribution in [2.24, 2.45) is 0 Å². The van der Waals surface area contributed by atoms with Crippen molar-refractivity contribution in [2.75, 3.05) is 33.4 Å². The molecule has 24 heavy (non-hydrogen) atoms. The van der Waals surface area contributed by atoms with E-state index in [0.29, 0.717) is 19.7 Å². The highest BCUT2D eigenvalue weighted by Gasteiger charge is 2.33. The molecular formula is C19H24N2O2S. The predicted octanol–water partition coefficient (Wildman–Crippen LogP) is 2.77. The van der Waals surface area contributed by atoms with Gasteiger partial charge in [0.1, 0.15) is 0 Å². The maximum absolute atomic E-state index is 12.8. The quantitative estimate of drug-likeness (QED) is 0.820. The fraction of sp³-hybridized carbons (Fsp3) is 0.421. The first kappa shape index (κ1) is 17.1. The lowest BCUT2D eigenvalue weighted by Gasteiger charge is -2.37. The average Bonchev–Trinajstić information content (AvgIpc) is 3.07. The standard InChI is InChI=1S/C19H24N2O2S/c1-14-5-3-4-6-15(14)19-16-8-12-24-17(16)7-10-21(19)18(22)13-20-9-11-23-2/h3-6,8,12,19-20H,7,9-11,13H2,1-2H3/t19-/m1/s1. The molecular weight excluding hydrogens is 320 g/mol. The van der Waals surface area contributed by atoms with E-state index >= 15 is 0 Å². The number of hydrogen-bond donors (Lipinski definition) is 1. The van der Waals surface area contributed by atoms with Crippen LogP contribution in [-0.2, 0) is 16.0 Å². The number of thiophene rings is 1. The van der Waals surface area contributed by atoms with E-state index in [1.165, 1.54) is 21.6 Å². The van der Waals surface area contributed by atoms with E-state index in [2.05, 4.69) is 48.0 Å². The second-order valence-electron chi connectivity index (χ2n) is 6.06. The first-order valence-electron chi connectivity index (χ1n) is 8.33. The van der Waals surface area contributed by atoms with Crippen LogP contribution in [0.5, 0.6) is 0 Å². The molecule has 4 nitrogen and oxygen atoms in total. The Hall–Kier alpha value is -1.69. The first-order chi connectivity index (χ1) is 11.7. The number of ether oxygens (including phenoxy) is 1. The van der Waals surface area contributed by atoms with Gasteiger partial charge in [-0.25, -0.2) is 0 Å². The second kappa shape index (κ2) is 7.92. The number of benzene rings is 1. The first-order valence-corrected chi connectivity index (χ1v) is 9.21. The van der Waals surface area contributed by atoms with Gasteiger partial charge in [0.05, 0.1) is 19.2 Å². The molecule has 2 heterocycles. The zero-order valence-electron chi connectivity index (χ0n) is 14.2. The number of carbonyl (C=O) groups is 1. The number of methoxy groups -OCH3 is 1. The third kappa shape index (κ3) is 3.53. The summed E-state index contributed by atoms with van der Waals surface area (Å²) in [6.07, 6.45) is 0.944. The topological polar surface area (TPSA) is 41.6 Å². The second-order valence-corrected chi connectivity index (χ2v) is 7.07. The lowest BCUT2D eigenvalue weighted by molar-refractivity contribution is -0.132. The van der Waals surface area contributed by atoms with Gasteiger partial charge in [-0.05, 0) is 41.5 Å². The van der Waals surface area contributed by atoms with E-state index in [-0.39, 0.29) is 11.9 Å². The zero-order chi connectivity index (χ0) is 16.9. The molecule has 1 N–H and O–H groups in total. The van der Waals surface area contributed by atoms with Crippen molar-refractivity contribution in [3.05, 3.63) is 57.3 Å². The summed E-state index contributed by atoms with van der Waals surface area (Å²) in [6.45, 7) is 4.55. The highest BCUT2D eigenvalue weighted by molar-refractivity contribution is 7.10. The summed E-state index contributed by atoms with van der Waals surface area (Å²) < 4.78 is 5.03. The number of hydrogen-bond acceptors (Lipinski definition) is 4. The van der Waals surface area contributed by atoms with Crippen molar-refractivity contribution >= 4 is 17.2 Å². The maximum Gasteiger partial charge on any atom is 0.237 e. The van der Waals surface area contributed by atoms with Gasteiger partial charge in [-0.15, -0.1) is 11.3 Å². The van der Waals surface area contributed by atoms with Crippen LogP contribution >= 0.6 is 11.3 Å². The SMILES string of the molecule is COCCNCC(=O)N1CCc2sccc2[C@H]1c1ccccc1C. The number of carbonyl (C=O) groups excluding carboxylic acids is 1. The molecule has 0 saturated carbocycles. The van der Waals surface area contributed by atoms with Gasteiger partial charge in [-0.1, -0.05) is 24.3 Å². The molecule has 1 aliphatic rings. The number of amides is 1. The van der Waals surface area contributed by atoms with Gasteiger partial charge in [-0.2, -0.15) is 0 Å². The molecule has 0 bridgehead atoms. The van der Waals surface area contributed by atoms with E-state index in [0.717, 1.165) is 13.0 Å². The van der Waals surface area contributed by atoms with Crippen LogP contribution in [0.1, 0.15) is 27.6 Å². The minimum Gasteiger partial charge on any atom is -0.383 e. The normalized spacial score (nSPS) is 16.9. The third-order valence-electron chi connectivity index (χ3n) is 4.53. The molecule has 0 unspecified atom stereocenters. The molecule has 0 aliphatic carbocycles. The van der Waals surface area contributed by atoms with E-state index in [1.807, 2.05) is 4.90 Å². The number of aryl methyl sites for hydroxylation is 1. The molecule has 5 heteroatoms. The minimum atomic E-state index is 0.0259. The van der Waals surface area contributed by atoms with E-state index in [9.17, 15) is 4.79 Å². The molecule has 0 saturated heterocycles. The van der Waals surface area contributed by atoms with Crippen molar-refractivity contribution in [1.82, 2.24) is 10.2 Å². The van der Waals surface area contributed by atoms with Gasteiger partial charge in [0.15, 0.2) is 0 Å². The van der Waals surface area contributed by atoms with Crippen LogP contribution < -0.4 is 5.32 Å². The Bertz CT molecular complexity index is 698. The predicted molar refractivity (Wildman–Crippen MR) is 97.5 cm³/mol. The molecule has 1 amide bonds. The van der Waals surface area contributed by atoms with Crippen LogP contribution in [0.2, 0.25) is 0 Å². The van der Waals surface area contributed by atoms with Crippen molar-refractivity contribution < 1.29 is 9.53 Å². The van der Waals surface area contributed by atoms with Gasteiger partial charge >= 0.3 is 0 Å². The Morgan fingerprint density at radius 2 is 2.17 bits per heavy atom. The monoisotopic (exact) mass is 344 g/mol. The molecule has 3 rings (SSSR count). The van der Waals surface area contributed by atoms with Crippen LogP contribution in [0, 0.1) is 6.92 Å². The van der Waals surface area contributed by atoms with Crippen LogP contribution in [0.15, 0.2) is 35.7 Å². The van der Waals surface area contributed by atoms with Crippen molar-refractivity contribution in [3.8, 4) is 0 Å². The Labute approximate surface area is 147 Å². The molecule has 128 valence electrons. The van der Waals surface area contributed by atoms with Crippen molar-refractivity contribution in [1.29, 1.82) is 0 Å². The minimum absolute atomic E-state index is 0.0259. The summed E-state index contributed by atoms with van der Waals surface area (Å²) >= 11 is 1.80. The smallest absolute Gasteiger partial charge is 0.237 e. The fourth-order valence-corrected chi connectivity index (χ4v) is 4.19. The van der Waals surface area contributed by atoms with E-state index < -0.39 is 0 Å². The van der Waals surface area contributed by atoms with E-state index in [4.69, 9.17) is 4.74 Å².